The number of nitrogens with zero attached hydrogens (tertiary/aromatic N) is 3. The Morgan fingerprint density at radius 2 is 2.00 bits per heavy atom. The number of aromatic nitrogens is 3. The van der Waals surface area contributed by atoms with Crippen molar-refractivity contribution in [2.24, 2.45) is 7.05 Å². The molecule has 2 aromatic rings. The Morgan fingerprint density at radius 1 is 1.29 bits per heavy atom. The molecule has 1 aromatic heterocycles. The van der Waals surface area contributed by atoms with E-state index in [4.69, 9.17) is 9.84 Å². The zero-order valence-electron chi connectivity index (χ0n) is 9.92. The van der Waals surface area contributed by atoms with Crippen LogP contribution in [-0.2, 0) is 20.3 Å². The molecular weight excluding hydrogens is 218 g/mol. The molecular formula is C12H15N3O2. The van der Waals surface area contributed by atoms with E-state index in [9.17, 15) is 0 Å². The Hall–Kier alpha value is -1.88. The molecule has 0 aliphatic heterocycles. The molecule has 90 valence electrons. The molecule has 0 aliphatic rings. The van der Waals surface area contributed by atoms with Crippen LogP contribution in [0.2, 0.25) is 0 Å². The predicted molar refractivity (Wildman–Crippen MR) is 62.4 cm³/mol. The van der Waals surface area contributed by atoms with Gasteiger partial charge in [0.2, 0.25) is 0 Å². The third-order valence-corrected chi connectivity index (χ3v) is 2.57. The van der Waals surface area contributed by atoms with Crippen LogP contribution >= 0.6 is 0 Å². The van der Waals surface area contributed by atoms with Crippen molar-refractivity contribution < 1.29 is 9.84 Å². The summed E-state index contributed by atoms with van der Waals surface area (Å²) in [6.07, 6.45) is 0. The molecule has 0 unspecified atom stereocenters. The Balaban J connectivity index is 2.06. The van der Waals surface area contributed by atoms with Gasteiger partial charge in [0.05, 0.1) is 6.61 Å². The lowest BCUT2D eigenvalue weighted by Gasteiger charge is -2.07. The minimum absolute atomic E-state index is 0.125. The predicted octanol–water partition coefficient (Wildman–Crippen LogP) is 1.19. The minimum Gasteiger partial charge on any atom is -0.487 e. The summed E-state index contributed by atoms with van der Waals surface area (Å²) in [7, 11) is 1.78. The van der Waals surface area contributed by atoms with E-state index >= 15 is 0 Å². The van der Waals surface area contributed by atoms with Gasteiger partial charge < -0.3 is 9.84 Å². The first-order chi connectivity index (χ1) is 8.20. The molecule has 1 N–H and O–H groups in total. The highest BCUT2D eigenvalue weighted by molar-refractivity contribution is 5.26. The summed E-state index contributed by atoms with van der Waals surface area (Å²) >= 11 is 0. The summed E-state index contributed by atoms with van der Waals surface area (Å²) in [6, 6.07) is 7.81. The molecule has 0 saturated carbocycles. The minimum atomic E-state index is -0.125. The fraction of sp³-hybridized carbons (Fsp3) is 0.333. The van der Waals surface area contributed by atoms with E-state index in [-0.39, 0.29) is 6.61 Å². The quantitative estimate of drug-likeness (QED) is 0.861. The van der Waals surface area contributed by atoms with Gasteiger partial charge in [0, 0.05) is 7.05 Å². The molecule has 1 heterocycles. The van der Waals surface area contributed by atoms with E-state index in [0.717, 1.165) is 11.4 Å². The summed E-state index contributed by atoms with van der Waals surface area (Å²) in [6.45, 7) is 2.25. The highest BCUT2D eigenvalue weighted by Crippen LogP contribution is 2.14. The van der Waals surface area contributed by atoms with Crippen molar-refractivity contribution in [3.63, 3.8) is 0 Å². The topological polar surface area (TPSA) is 60.2 Å². The van der Waals surface area contributed by atoms with Crippen LogP contribution in [0, 0.1) is 6.92 Å². The number of ether oxygens (including phenoxy) is 1. The zero-order chi connectivity index (χ0) is 12.3. The maximum atomic E-state index is 9.09. The van der Waals surface area contributed by atoms with Crippen molar-refractivity contribution in [3.8, 4) is 5.75 Å². The molecule has 0 bridgehead atoms. The van der Waals surface area contributed by atoms with Gasteiger partial charge in [-0.15, -0.1) is 5.10 Å². The van der Waals surface area contributed by atoms with Gasteiger partial charge in [-0.3, -0.25) is 0 Å². The van der Waals surface area contributed by atoms with Gasteiger partial charge in [0.25, 0.3) is 0 Å². The third kappa shape index (κ3) is 2.62. The van der Waals surface area contributed by atoms with Crippen molar-refractivity contribution in [1.82, 2.24) is 15.0 Å². The van der Waals surface area contributed by atoms with Crippen molar-refractivity contribution in [1.29, 1.82) is 0 Å². The van der Waals surface area contributed by atoms with Crippen LogP contribution in [0.3, 0.4) is 0 Å². The second-order valence-corrected chi connectivity index (χ2v) is 3.87. The van der Waals surface area contributed by atoms with E-state index < -0.39 is 0 Å². The Bertz CT molecular complexity index is 491. The van der Waals surface area contributed by atoms with Crippen LogP contribution in [-0.4, -0.2) is 20.1 Å². The highest BCUT2D eigenvalue weighted by Gasteiger charge is 2.09. The Morgan fingerprint density at radius 3 is 2.65 bits per heavy atom. The molecule has 0 fully saturated rings. The highest BCUT2D eigenvalue weighted by atomic mass is 16.5. The fourth-order valence-electron chi connectivity index (χ4n) is 1.51. The number of aliphatic hydroxyl groups excluding tert-OH is 1. The van der Waals surface area contributed by atoms with Crippen LogP contribution in [0.4, 0.5) is 0 Å². The largest absolute Gasteiger partial charge is 0.487 e. The lowest BCUT2D eigenvalue weighted by molar-refractivity contribution is 0.262. The number of rotatable bonds is 4. The summed E-state index contributed by atoms with van der Waals surface area (Å²) in [4.78, 5) is 0. The Labute approximate surface area is 99.7 Å². The number of benzene rings is 1. The van der Waals surface area contributed by atoms with E-state index in [0.29, 0.717) is 12.3 Å². The van der Waals surface area contributed by atoms with Crippen molar-refractivity contribution in [2.75, 3.05) is 0 Å². The van der Waals surface area contributed by atoms with Gasteiger partial charge in [-0.2, -0.15) is 0 Å². The fourth-order valence-corrected chi connectivity index (χ4v) is 1.51. The molecule has 5 heteroatoms. The first-order valence-electron chi connectivity index (χ1n) is 5.38. The van der Waals surface area contributed by atoms with Gasteiger partial charge in [0.1, 0.15) is 23.7 Å². The van der Waals surface area contributed by atoms with E-state index in [1.165, 1.54) is 5.56 Å². The summed E-state index contributed by atoms with van der Waals surface area (Å²) < 4.78 is 7.23. The van der Waals surface area contributed by atoms with Gasteiger partial charge in [-0.1, -0.05) is 22.9 Å². The molecule has 1 aromatic carbocycles. The van der Waals surface area contributed by atoms with Crippen LogP contribution in [0.25, 0.3) is 0 Å². The Kier molecular flexibility index (Phi) is 3.39. The normalized spacial score (nSPS) is 10.5. The SMILES string of the molecule is Cc1ccc(OCc2c(CO)nnn2C)cc1. The second kappa shape index (κ2) is 4.97. The third-order valence-electron chi connectivity index (χ3n) is 2.57. The first kappa shape index (κ1) is 11.6. The lowest BCUT2D eigenvalue weighted by atomic mass is 10.2. The molecule has 5 nitrogen and oxygen atoms in total. The van der Waals surface area contributed by atoms with Crippen molar-refractivity contribution >= 4 is 0 Å². The standard InChI is InChI=1S/C12H15N3O2/c1-9-3-5-10(6-4-9)17-8-12-11(7-16)13-14-15(12)2/h3-6,16H,7-8H2,1-2H3. The number of aryl methyl sites for hydroxylation is 2. The average molecular weight is 233 g/mol. The van der Waals surface area contributed by atoms with Gasteiger partial charge in [-0.05, 0) is 19.1 Å². The summed E-state index contributed by atoms with van der Waals surface area (Å²) in [5, 5.41) is 16.8. The molecule has 17 heavy (non-hydrogen) atoms. The lowest BCUT2D eigenvalue weighted by Crippen LogP contribution is -2.05. The van der Waals surface area contributed by atoms with Crippen LogP contribution < -0.4 is 4.74 Å². The van der Waals surface area contributed by atoms with Gasteiger partial charge >= 0.3 is 0 Å². The molecule has 0 amide bonds. The molecule has 0 atom stereocenters. The first-order valence-corrected chi connectivity index (χ1v) is 5.38. The number of aliphatic hydroxyl groups is 1. The maximum Gasteiger partial charge on any atom is 0.132 e. The van der Waals surface area contributed by atoms with Crippen molar-refractivity contribution in [3.05, 3.63) is 41.2 Å². The van der Waals surface area contributed by atoms with Crippen LogP contribution in [0.15, 0.2) is 24.3 Å². The number of hydrogen-bond donors (Lipinski definition) is 1. The molecule has 0 spiro atoms. The van der Waals surface area contributed by atoms with E-state index in [2.05, 4.69) is 10.3 Å². The smallest absolute Gasteiger partial charge is 0.132 e. The molecule has 0 radical (unpaired) electrons. The van der Waals surface area contributed by atoms with Gasteiger partial charge in [-0.25, -0.2) is 4.68 Å². The van der Waals surface area contributed by atoms with E-state index in [1.807, 2.05) is 31.2 Å². The second-order valence-electron chi connectivity index (χ2n) is 3.87. The zero-order valence-corrected chi connectivity index (χ0v) is 9.92. The molecule has 2 rings (SSSR count). The molecule has 0 saturated heterocycles. The molecule has 0 aliphatic carbocycles. The van der Waals surface area contributed by atoms with Gasteiger partial charge in [0.15, 0.2) is 0 Å². The van der Waals surface area contributed by atoms with Crippen molar-refractivity contribution in [2.45, 2.75) is 20.1 Å². The van der Waals surface area contributed by atoms with Crippen LogP contribution in [0.5, 0.6) is 5.75 Å². The monoisotopic (exact) mass is 233 g/mol. The maximum absolute atomic E-state index is 9.09. The van der Waals surface area contributed by atoms with Crippen LogP contribution in [0.1, 0.15) is 17.0 Å². The summed E-state index contributed by atoms with van der Waals surface area (Å²) in [5.74, 6) is 0.792. The number of hydrogen-bond acceptors (Lipinski definition) is 4. The van der Waals surface area contributed by atoms with E-state index in [1.54, 1.807) is 11.7 Å². The summed E-state index contributed by atoms with van der Waals surface area (Å²) in [5.41, 5.74) is 2.53. The average Bonchev–Trinajstić information content (AvgIpc) is 2.69.